The van der Waals surface area contributed by atoms with Gasteiger partial charge in [-0.25, -0.2) is 12.8 Å². The van der Waals surface area contributed by atoms with E-state index in [0.29, 0.717) is 5.56 Å². The van der Waals surface area contributed by atoms with Crippen LogP contribution in [0.25, 0.3) is 0 Å². The summed E-state index contributed by atoms with van der Waals surface area (Å²) < 4.78 is 36.9. The molecule has 4 nitrogen and oxygen atoms in total. The maximum atomic E-state index is 13.0. The highest BCUT2D eigenvalue weighted by Crippen LogP contribution is 2.06. The first-order valence-corrected chi connectivity index (χ1v) is 8.56. The largest absolute Gasteiger partial charge is 0.351 e. The third-order valence-electron chi connectivity index (χ3n) is 3.01. The Morgan fingerprint density at radius 3 is 2.45 bits per heavy atom. The van der Waals surface area contributed by atoms with E-state index in [9.17, 15) is 17.6 Å². The predicted molar refractivity (Wildman–Crippen MR) is 82.7 cm³/mol. The molecule has 0 fully saturated rings. The van der Waals surface area contributed by atoms with Gasteiger partial charge < -0.3 is 5.32 Å². The van der Waals surface area contributed by atoms with Gasteiger partial charge in [0, 0.05) is 12.1 Å². The normalized spacial score (nSPS) is 11.1. The van der Waals surface area contributed by atoms with Crippen LogP contribution in [0.5, 0.6) is 0 Å². The summed E-state index contributed by atoms with van der Waals surface area (Å²) in [7, 11) is -3.31. The second kappa shape index (κ2) is 7.17. The Balaban J connectivity index is 1.86. The molecule has 0 aliphatic rings. The lowest BCUT2D eigenvalue weighted by atomic mass is 10.2. The van der Waals surface area contributed by atoms with Gasteiger partial charge in [-0.05, 0) is 23.8 Å². The van der Waals surface area contributed by atoms with E-state index in [-0.39, 0.29) is 23.6 Å². The molecule has 0 saturated heterocycles. The van der Waals surface area contributed by atoms with Crippen molar-refractivity contribution < 1.29 is 17.6 Å². The Bertz CT molecular complexity index is 745. The molecule has 1 N–H and O–H groups in total. The van der Waals surface area contributed by atoms with Gasteiger partial charge in [-0.3, -0.25) is 4.79 Å². The molecule has 0 aromatic heterocycles. The number of amides is 1. The van der Waals surface area contributed by atoms with Crippen molar-refractivity contribution in [2.45, 2.75) is 5.75 Å². The van der Waals surface area contributed by atoms with Gasteiger partial charge in [-0.15, -0.1) is 0 Å². The molecule has 0 bridgehead atoms. The first-order chi connectivity index (χ1) is 10.5. The van der Waals surface area contributed by atoms with Crippen LogP contribution in [0.4, 0.5) is 4.39 Å². The van der Waals surface area contributed by atoms with E-state index in [1.54, 1.807) is 24.3 Å². The van der Waals surface area contributed by atoms with Gasteiger partial charge in [0.1, 0.15) is 5.82 Å². The van der Waals surface area contributed by atoms with E-state index in [4.69, 9.17) is 0 Å². The first kappa shape index (κ1) is 16.2. The SMILES string of the molecule is O=C(NCCS(=O)(=O)Cc1ccccc1)c1cccc(F)c1. The van der Waals surface area contributed by atoms with Crippen LogP contribution in [0, 0.1) is 5.82 Å². The zero-order chi connectivity index (χ0) is 16.0. The molecule has 2 aromatic rings. The Morgan fingerprint density at radius 1 is 1.05 bits per heavy atom. The molecule has 2 rings (SSSR count). The lowest BCUT2D eigenvalue weighted by molar-refractivity contribution is 0.0955. The molecule has 0 saturated carbocycles. The summed E-state index contributed by atoms with van der Waals surface area (Å²) in [4.78, 5) is 11.8. The number of hydrogen-bond acceptors (Lipinski definition) is 3. The molecular formula is C16H16FNO3S. The Morgan fingerprint density at radius 2 is 1.77 bits per heavy atom. The first-order valence-electron chi connectivity index (χ1n) is 6.74. The van der Waals surface area contributed by atoms with Crippen molar-refractivity contribution in [2.24, 2.45) is 0 Å². The van der Waals surface area contributed by atoms with E-state index in [1.807, 2.05) is 6.07 Å². The Hall–Kier alpha value is -2.21. The van der Waals surface area contributed by atoms with Crippen LogP contribution >= 0.6 is 0 Å². The molecule has 0 aliphatic heterocycles. The molecule has 0 atom stereocenters. The topological polar surface area (TPSA) is 63.2 Å². The summed E-state index contributed by atoms with van der Waals surface area (Å²) in [6.45, 7) is -0.00941. The van der Waals surface area contributed by atoms with Crippen molar-refractivity contribution in [1.29, 1.82) is 0 Å². The minimum Gasteiger partial charge on any atom is -0.351 e. The summed E-state index contributed by atoms with van der Waals surface area (Å²) in [5.74, 6) is -1.23. The van der Waals surface area contributed by atoms with Crippen molar-refractivity contribution in [3.8, 4) is 0 Å². The number of sulfone groups is 1. The number of rotatable bonds is 6. The molecule has 0 unspecified atom stereocenters. The summed E-state index contributed by atoms with van der Waals surface area (Å²) in [5, 5.41) is 2.48. The van der Waals surface area contributed by atoms with Crippen molar-refractivity contribution in [3.05, 3.63) is 71.5 Å². The highest BCUT2D eigenvalue weighted by molar-refractivity contribution is 7.90. The molecule has 0 aliphatic carbocycles. The van der Waals surface area contributed by atoms with Crippen LogP contribution in [0.3, 0.4) is 0 Å². The zero-order valence-electron chi connectivity index (χ0n) is 11.8. The standard InChI is InChI=1S/C16H16FNO3S/c17-15-8-4-7-14(11-15)16(19)18-9-10-22(20,21)12-13-5-2-1-3-6-13/h1-8,11H,9-10,12H2,(H,18,19). The molecule has 0 heterocycles. The molecule has 0 radical (unpaired) electrons. The minimum atomic E-state index is -3.31. The lowest BCUT2D eigenvalue weighted by Crippen LogP contribution is -2.29. The molecule has 0 spiro atoms. The predicted octanol–water partition coefficient (Wildman–Crippen LogP) is 2.17. The Labute approximate surface area is 128 Å². The molecular weight excluding hydrogens is 305 g/mol. The summed E-state index contributed by atoms with van der Waals surface area (Å²) in [5.41, 5.74) is 0.874. The zero-order valence-corrected chi connectivity index (χ0v) is 12.6. The third kappa shape index (κ3) is 4.96. The van der Waals surface area contributed by atoms with Crippen LogP contribution in [-0.2, 0) is 15.6 Å². The van der Waals surface area contributed by atoms with Crippen LogP contribution in [0.15, 0.2) is 54.6 Å². The van der Waals surface area contributed by atoms with Gasteiger partial charge >= 0.3 is 0 Å². The van der Waals surface area contributed by atoms with E-state index >= 15 is 0 Å². The van der Waals surface area contributed by atoms with Crippen LogP contribution in [0.2, 0.25) is 0 Å². The minimum absolute atomic E-state index is 0.00941. The van der Waals surface area contributed by atoms with Gasteiger partial charge in [-0.1, -0.05) is 36.4 Å². The second-order valence-corrected chi connectivity index (χ2v) is 7.03. The number of carbonyl (C=O) groups excluding carboxylic acids is 1. The van der Waals surface area contributed by atoms with Crippen molar-refractivity contribution in [1.82, 2.24) is 5.32 Å². The maximum absolute atomic E-state index is 13.0. The second-order valence-electron chi connectivity index (χ2n) is 4.84. The molecule has 22 heavy (non-hydrogen) atoms. The molecule has 2 aromatic carbocycles. The van der Waals surface area contributed by atoms with Gasteiger partial charge in [-0.2, -0.15) is 0 Å². The quantitative estimate of drug-likeness (QED) is 0.887. The lowest BCUT2D eigenvalue weighted by Gasteiger charge is -2.07. The highest BCUT2D eigenvalue weighted by atomic mass is 32.2. The van der Waals surface area contributed by atoms with Crippen molar-refractivity contribution >= 4 is 15.7 Å². The monoisotopic (exact) mass is 321 g/mol. The number of nitrogens with one attached hydrogen (secondary N) is 1. The summed E-state index contributed by atoms with van der Waals surface area (Å²) >= 11 is 0. The smallest absolute Gasteiger partial charge is 0.251 e. The number of benzene rings is 2. The van der Waals surface area contributed by atoms with Crippen LogP contribution in [-0.4, -0.2) is 26.6 Å². The average Bonchev–Trinajstić information content (AvgIpc) is 2.47. The third-order valence-corrected chi connectivity index (χ3v) is 4.61. The van der Waals surface area contributed by atoms with E-state index in [0.717, 1.165) is 6.07 Å². The van der Waals surface area contributed by atoms with Crippen LogP contribution < -0.4 is 5.32 Å². The molecule has 116 valence electrons. The number of hydrogen-bond donors (Lipinski definition) is 1. The van der Waals surface area contributed by atoms with E-state index < -0.39 is 21.6 Å². The highest BCUT2D eigenvalue weighted by Gasteiger charge is 2.13. The molecule has 1 amide bonds. The molecule has 6 heteroatoms. The van der Waals surface area contributed by atoms with E-state index in [1.165, 1.54) is 18.2 Å². The fourth-order valence-corrected chi connectivity index (χ4v) is 3.21. The number of carbonyl (C=O) groups is 1. The van der Waals surface area contributed by atoms with Gasteiger partial charge in [0.05, 0.1) is 11.5 Å². The van der Waals surface area contributed by atoms with Gasteiger partial charge in [0.15, 0.2) is 9.84 Å². The summed E-state index contributed by atoms with van der Waals surface area (Å²) in [6, 6.07) is 14.1. The van der Waals surface area contributed by atoms with Crippen molar-refractivity contribution in [3.63, 3.8) is 0 Å². The average molecular weight is 321 g/mol. The summed E-state index contributed by atoms with van der Waals surface area (Å²) in [6.07, 6.45) is 0. The van der Waals surface area contributed by atoms with E-state index in [2.05, 4.69) is 5.32 Å². The Kier molecular flexibility index (Phi) is 5.27. The number of halogens is 1. The maximum Gasteiger partial charge on any atom is 0.251 e. The fraction of sp³-hybridized carbons (Fsp3) is 0.188. The van der Waals surface area contributed by atoms with Crippen molar-refractivity contribution in [2.75, 3.05) is 12.3 Å². The van der Waals surface area contributed by atoms with Crippen LogP contribution in [0.1, 0.15) is 15.9 Å². The fourth-order valence-electron chi connectivity index (χ4n) is 1.95. The van der Waals surface area contributed by atoms with Gasteiger partial charge in [0.25, 0.3) is 5.91 Å². The van der Waals surface area contributed by atoms with Gasteiger partial charge in [0.2, 0.25) is 0 Å².